The van der Waals surface area contributed by atoms with Gasteiger partial charge in [-0.2, -0.15) is 0 Å². The van der Waals surface area contributed by atoms with Crippen molar-refractivity contribution in [2.24, 2.45) is 5.41 Å². The Morgan fingerprint density at radius 2 is 2.33 bits per heavy atom. The fourth-order valence-electron chi connectivity index (χ4n) is 2.11. The monoisotopic (exact) mass is 215 g/mol. The van der Waals surface area contributed by atoms with Crippen LogP contribution in [0.5, 0.6) is 0 Å². The number of nitrogens with zero attached hydrogens (tertiary/aromatic N) is 1. The van der Waals surface area contributed by atoms with Gasteiger partial charge in [0.1, 0.15) is 0 Å². The van der Waals surface area contributed by atoms with E-state index in [4.69, 9.17) is 9.84 Å². The first-order valence-electron chi connectivity index (χ1n) is 5.46. The molecule has 2 unspecified atom stereocenters. The summed E-state index contributed by atoms with van der Waals surface area (Å²) in [5.74, 6) is -0.683. The van der Waals surface area contributed by atoms with E-state index in [0.717, 1.165) is 25.9 Å². The highest BCUT2D eigenvalue weighted by Gasteiger charge is 2.37. The second kappa shape index (κ2) is 4.94. The van der Waals surface area contributed by atoms with E-state index in [1.165, 1.54) is 0 Å². The van der Waals surface area contributed by atoms with Gasteiger partial charge in [-0.1, -0.05) is 0 Å². The van der Waals surface area contributed by atoms with Crippen LogP contribution in [0.4, 0.5) is 0 Å². The fourth-order valence-corrected chi connectivity index (χ4v) is 2.11. The predicted octanol–water partition coefficient (Wildman–Crippen LogP) is 1.21. The second-order valence-electron chi connectivity index (χ2n) is 4.75. The minimum atomic E-state index is -0.683. The summed E-state index contributed by atoms with van der Waals surface area (Å²) in [6.07, 6.45) is 1.90. The Morgan fingerprint density at radius 1 is 1.67 bits per heavy atom. The molecule has 1 fully saturated rings. The van der Waals surface area contributed by atoms with Crippen molar-refractivity contribution in [3.63, 3.8) is 0 Å². The number of carboxylic acids is 1. The Hall–Kier alpha value is -0.610. The van der Waals surface area contributed by atoms with Gasteiger partial charge in [0.2, 0.25) is 0 Å². The van der Waals surface area contributed by atoms with Crippen molar-refractivity contribution in [1.82, 2.24) is 4.90 Å². The molecule has 1 aliphatic heterocycles. The van der Waals surface area contributed by atoms with Gasteiger partial charge in [0.25, 0.3) is 0 Å². The van der Waals surface area contributed by atoms with E-state index in [-0.39, 0.29) is 6.10 Å². The van der Waals surface area contributed by atoms with Crippen LogP contribution in [0.15, 0.2) is 0 Å². The highest BCUT2D eigenvalue weighted by Crippen LogP contribution is 2.29. The molecule has 0 saturated carbocycles. The maximum Gasteiger partial charge on any atom is 0.310 e. The van der Waals surface area contributed by atoms with Crippen molar-refractivity contribution >= 4 is 5.97 Å². The zero-order valence-electron chi connectivity index (χ0n) is 9.82. The number of hydrogen-bond donors (Lipinski definition) is 1. The molecule has 88 valence electrons. The van der Waals surface area contributed by atoms with Gasteiger partial charge < -0.3 is 9.84 Å². The van der Waals surface area contributed by atoms with Gasteiger partial charge >= 0.3 is 5.97 Å². The molecule has 0 amide bonds. The summed E-state index contributed by atoms with van der Waals surface area (Å²) < 4.78 is 5.19. The summed E-state index contributed by atoms with van der Waals surface area (Å²) in [5.41, 5.74) is -0.578. The summed E-state index contributed by atoms with van der Waals surface area (Å²) in [6.45, 7) is 6.28. The first kappa shape index (κ1) is 12.5. The highest BCUT2D eigenvalue weighted by molar-refractivity contribution is 5.74. The van der Waals surface area contributed by atoms with Crippen molar-refractivity contribution in [2.75, 3.05) is 26.7 Å². The largest absolute Gasteiger partial charge is 0.481 e. The molecule has 1 heterocycles. The molecule has 0 aromatic heterocycles. The third kappa shape index (κ3) is 3.18. The molecular weight excluding hydrogens is 194 g/mol. The van der Waals surface area contributed by atoms with Crippen LogP contribution < -0.4 is 0 Å². The van der Waals surface area contributed by atoms with Crippen molar-refractivity contribution in [2.45, 2.75) is 32.8 Å². The quantitative estimate of drug-likeness (QED) is 0.765. The molecule has 1 rings (SSSR count). The zero-order chi connectivity index (χ0) is 11.5. The lowest BCUT2D eigenvalue weighted by molar-refractivity contribution is -0.151. The van der Waals surface area contributed by atoms with Crippen LogP contribution in [0.1, 0.15) is 26.7 Å². The molecule has 0 radical (unpaired) electrons. The minimum absolute atomic E-state index is 0.168. The number of rotatable bonds is 4. The van der Waals surface area contributed by atoms with Crippen LogP contribution >= 0.6 is 0 Å². The number of methoxy groups -OCH3 is 1. The molecule has 0 aromatic carbocycles. The average Bonchev–Trinajstić information content (AvgIpc) is 2.17. The molecule has 4 nitrogen and oxygen atoms in total. The number of hydrogen-bond acceptors (Lipinski definition) is 3. The summed E-state index contributed by atoms with van der Waals surface area (Å²) in [6, 6.07) is 0. The standard InChI is InChI=1S/C11H21NO3/c1-9(15-3)7-12-6-4-5-11(2,8-12)10(13)14/h9H,4-8H2,1-3H3,(H,13,14). The summed E-state index contributed by atoms with van der Waals surface area (Å²) in [4.78, 5) is 13.3. The van der Waals surface area contributed by atoms with Gasteiger partial charge in [0.05, 0.1) is 11.5 Å². The van der Waals surface area contributed by atoms with Crippen LogP contribution in [0.25, 0.3) is 0 Å². The number of piperidine rings is 1. The predicted molar refractivity (Wildman–Crippen MR) is 57.9 cm³/mol. The van der Waals surface area contributed by atoms with Crippen LogP contribution in [-0.2, 0) is 9.53 Å². The summed E-state index contributed by atoms with van der Waals surface area (Å²) in [7, 11) is 1.69. The summed E-state index contributed by atoms with van der Waals surface area (Å²) >= 11 is 0. The lowest BCUT2D eigenvalue weighted by Gasteiger charge is -2.38. The van der Waals surface area contributed by atoms with Crippen molar-refractivity contribution < 1.29 is 14.6 Å². The molecule has 0 aromatic rings. The number of ether oxygens (including phenoxy) is 1. The van der Waals surface area contributed by atoms with E-state index < -0.39 is 11.4 Å². The molecule has 0 bridgehead atoms. The van der Waals surface area contributed by atoms with Crippen molar-refractivity contribution in [3.8, 4) is 0 Å². The van der Waals surface area contributed by atoms with E-state index in [9.17, 15) is 4.79 Å². The molecule has 2 atom stereocenters. The Bertz CT molecular complexity index is 232. The highest BCUT2D eigenvalue weighted by atomic mass is 16.5. The van der Waals surface area contributed by atoms with E-state index in [2.05, 4.69) is 4.90 Å². The van der Waals surface area contributed by atoms with Crippen LogP contribution in [0.3, 0.4) is 0 Å². The Morgan fingerprint density at radius 3 is 2.87 bits per heavy atom. The molecule has 1 N–H and O–H groups in total. The molecular formula is C11H21NO3. The summed E-state index contributed by atoms with van der Waals surface area (Å²) in [5, 5.41) is 9.15. The minimum Gasteiger partial charge on any atom is -0.481 e. The average molecular weight is 215 g/mol. The zero-order valence-corrected chi connectivity index (χ0v) is 9.82. The number of likely N-dealkylation sites (tertiary alicyclic amines) is 1. The normalized spacial score (nSPS) is 30.1. The second-order valence-corrected chi connectivity index (χ2v) is 4.75. The first-order valence-corrected chi connectivity index (χ1v) is 5.46. The third-order valence-electron chi connectivity index (χ3n) is 3.21. The Kier molecular flexibility index (Phi) is 4.11. The van der Waals surface area contributed by atoms with Crippen LogP contribution in [0.2, 0.25) is 0 Å². The molecule has 4 heteroatoms. The Labute approximate surface area is 91.2 Å². The third-order valence-corrected chi connectivity index (χ3v) is 3.21. The topological polar surface area (TPSA) is 49.8 Å². The maximum absolute atomic E-state index is 11.1. The number of aliphatic carboxylic acids is 1. The molecule has 1 aliphatic rings. The fraction of sp³-hybridized carbons (Fsp3) is 0.909. The van der Waals surface area contributed by atoms with Gasteiger partial charge in [-0.15, -0.1) is 0 Å². The van der Waals surface area contributed by atoms with Gasteiger partial charge in [0, 0.05) is 20.2 Å². The van der Waals surface area contributed by atoms with Crippen molar-refractivity contribution in [1.29, 1.82) is 0 Å². The van der Waals surface area contributed by atoms with Gasteiger partial charge in [-0.05, 0) is 33.2 Å². The van der Waals surface area contributed by atoms with Gasteiger partial charge in [-0.3, -0.25) is 9.69 Å². The number of carboxylic acid groups (broad SMARTS) is 1. The van der Waals surface area contributed by atoms with Gasteiger partial charge in [0.15, 0.2) is 0 Å². The maximum atomic E-state index is 11.1. The van der Waals surface area contributed by atoms with Crippen molar-refractivity contribution in [3.05, 3.63) is 0 Å². The van der Waals surface area contributed by atoms with E-state index >= 15 is 0 Å². The van der Waals surface area contributed by atoms with Gasteiger partial charge in [-0.25, -0.2) is 0 Å². The molecule has 0 aliphatic carbocycles. The number of carbonyl (C=O) groups is 1. The molecule has 0 spiro atoms. The van der Waals surface area contributed by atoms with E-state index in [0.29, 0.717) is 6.54 Å². The lowest BCUT2D eigenvalue weighted by Crippen LogP contribution is -2.48. The first-order chi connectivity index (χ1) is 6.98. The van der Waals surface area contributed by atoms with Crippen LogP contribution in [-0.4, -0.2) is 48.8 Å². The SMILES string of the molecule is COC(C)CN1CCCC(C)(C(=O)O)C1. The van der Waals surface area contributed by atoms with Crippen LogP contribution in [0, 0.1) is 5.41 Å². The Balaban J connectivity index is 2.52. The molecule has 15 heavy (non-hydrogen) atoms. The van der Waals surface area contributed by atoms with E-state index in [1.54, 1.807) is 7.11 Å². The van der Waals surface area contributed by atoms with E-state index in [1.807, 2.05) is 13.8 Å². The smallest absolute Gasteiger partial charge is 0.310 e. The lowest BCUT2D eigenvalue weighted by atomic mass is 9.82. The molecule has 1 saturated heterocycles.